The lowest BCUT2D eigenvalue weighted by Gasteiger charge is -2.19. The summed E-state index contributed by atoms with van der Waals surface area (Å²) in [7, 11) is 0. The lowest BCUT2D eigenvalue weighted by molar-refractivity contribution is 0.0694. The molecule has 0 aliphatic heterocycles. The predicted octanol–water partition coefficient (Wildman–Crippen LogP) is 6.34. The summed E-state index contributed by atoms with van der Waals surface area (Å²) in [5.74, 6) is -0.700. The van der Waals surface area contributed by atoms with Crippen molar-refractivity contribution in [2.75, 3.05) is 0 Å². The third-order valence-corrected chi connectivity index (χ3v) is 5.60. The van der Waals surface area contributed by atoms with E-state index in [0.29, 0.717) is 17.7 Å². The molecule has 1 heterocycles. The second-order valence-electron chi connectivity index (χ2n) is 9.39. The molecule has 2 aromatic carbocycles. The number of benzene rings is 2. The summed E-state index contributed by atoms with van der Waals surface area (Å²) in [6.45, 7) is 12.7. The molecule has 0 aliphatic carbocycles. The van der Waals surface area contributed by atoms with E-state index < -0.39 is 5.97 Å². The van der Waals surface area contributed by atoms with Gasteiger partial charge in [-0.3, -0.25) is 0 Å². The second-order valence-corrected chi connectivity index (χ2v) is 9.39. The lowest BCUT2D eigenvalue weighted by Crippen LogP contribution is -2.12. The topological polar surface area (TPSA) is 55.1 Å². The summed E-state index contributed by atoms with van der Waals surface area (Å²) in [5, 5.41) is 14.9. The van der Waals surface area contributed by atoms with E-state index in [-0.39, 0.29) is 17.3 Å². The number of hydrogen-bond donors (Lipinski definition) is 1. The van der Waals surface area contributed by atoms with Gasteiger partial charge in [0, 0.05) is 0 Å². The number of carboxylic acids is 1. The largest absolute Gasteiger partial charge is 0.478 e. The molecule has 0 fully saturated rings. The van der Waals surface area contributed by atoms with Gasteiger partial charge in [0.15, 0.2) is 0 Å². The molecular formula is C26H32N2O2. The van der Waals surface area contributed by atoms with Gasteiger partial charge in [0.1, 0.15) is 5.56 Å². The molecule has 0 aliphatic rings. The SMILES string of the molecule is CC(C)c1c(C(=O)O)c(CC(C)c2ccccc2)nn1-c1ccc(C(C)(C)C)cc1. The third-order valence-electron chi connectivity index (χ3n) is 5.60. The maximum atomic E-state index is 12.2. The average Bonchev–Trinajstić information content (AvgIpc) is 3.07. The Morgan fingerprint density at radius 2 is 1.60 bits per heavy atom. The van der Waals surface area contributed by atoms with Crippen LogP contribution in [0.5, 0.6) is 0 Å². The quantitative estimate of drug-likeness (QED) is 0.522. The Hall–Kier alpha value is -2.88. The van der Waals surface area contributed by atoms with Gasteiger partial charge in [-0.1, -0.05) is 84.0 Å². The molecule has 0 radical (unpaired) electrons. The second kappa shape index (κ2) is 8.47. The van der Waals surface area contributed by atoms with Crippen molar-refractivity contribution in [1.82, 2.24) is 9.78 Å². The number of aromatic nitrogens is 2. The highest BCUT2D eigenvalue weighted by Gasteiger charge is 2.27. The van der Waals surface area contributed by atoms with E-state index in [2.05, 4.69) is 52.0 Å². The highest BCUT2D eigenvalue weighted by Crippen LogP contribution is 2.30. The third kappa shape index (κ3) is 4.48. The molecule has 4 nitrogen and oxygen atoms in total. The van der Waals surface area contributed by atoms with Crippen molar-refractivity contribution in [3.8, 4) is 5.69 Å². The van der Waals surface area contributed by atoms with Crippen molar-refractivity contribution in [2.45, 2.75) is 65.2 Å². The molecule has 1 aromatic heterocycles. The first-order chi connectivity index (χ1) is 14.1. The fourth-order valence-corrected chi connectivity index (χ4v) is 3.88. The van der Waals surface area contributed by atoms with E-state index in [1.807, 2.05) is 48.9 Å². The zero-order valence-corrected chi connectivity index (χ0v) is 18.8. The van der Waals surface area contributed by atoms with Crippen LogP contribution in [-0.4, -0.2) is 20.9 Å². The number of nitrogens with zero attached hydrogens (tertiary/aromatic N) is 2. The molecule has 0 saturated carbocycles. The van der Waals surface area contributed by atoms with Crippen LogP contribution in [0.3, 0.4) is 0 Å². The average molecular weight is 405 g/mol. The predicted molar refractivity (Wildman–Crippen MR) is 122 cm³/mol. The highest BCUT2D eigenvalue weighted by atomic mass is 16.4. The smallest absolute Gasteiger partial charge is 0.339 e. The van der Waals surface area contributed by atoms with Crippen LogP contribution in [0.15, 0.2) is 54.6 Å². The van der Waals surface area contributed by atoms with E-state index in [1.165, 1.54) is 11.1 Å². The highest BCUT2D eigenvalue weighted by molar-refractivity contribution is 5.91. The van der Waals surface area contributed by atoms with Crippen LogP contribution >= 0.6 is 0 Å². The van der Waals surface area contributed by atoms with Gasteiger partial charge in [0.2, 0.25) is 0 Å². The molecule has 30 heavy (non-hydrogen) atoms. The molecule has 158 valence electrons. The minimum Gasteiger partial charge on any atom is -0.478 e. The van der Waals surface area contributed by atoms with Crippen LogP contribution in [0.1, 0.15) is 86.3 Å². The van der Waals surface area contributed by atoms with Crippen molar-refractivity contribution in [3.05, 3.63) is 82.7 Å². The maximum absolute atomic E-state index is 12.2. The van der Waals surface area contributed by atoms with Crippen LogP contribution in [-0.2, 0) is 11.8 Å². The molecule has 3 rings (SSSR count). The molecule has 1 atom stereocenters. The van der Waals surface area contributed by atoms with Crippen LogP contribution in [0, 0.1) is 0 Å². The first kappa shape index (κ1) is 21.8. The first-order valence-electron chi connectivity index (χ1n) is 10.6. The first-order valence-corrected chi connectivity index (χ1v) is 10.6. The van der Waals surface area contributed by atoms with E-state index >= 15 is 0 Å². The molecule has 1 N–H and O–H groups in total. The van der Waals surface area contributed by atoms with Crippen molar-refractivity contribution in [2.24, 2.45) is 0 Å². The number of rotatable bonds is 6. The summed E-state index contributed by atoms with van der Waals surface area (Å²) in [5.41, 5.74) is 5.11. The Morgan fingerprint density at radius 3 is 2.10 bits per heavy atom. The molecular weight excluding hydrogens is 372 g/mol. The molecule has 0 spiro atoms. The summed E-state index contributed by atoms with van der Waals surface area (Å²) in [6.07, 6.45) is 0.582. The fourth-order valence-electron chi connectivity index (χ4n) is 3.88. The summed E-state index contributed by atoms with van der Waals surface area (Å²) < 4.78 is 1.83. The molecule has 4 heteroatoms. The van der Waals surface area contributed by atoms with Crippen molar-refractivity contribution < 1.29 is 9.90 Å². The van der Waals surface area contributed by atoms with E-state index in [9.17, 15) is 9.90 Å². The number of aromatic carboxylic acids is 1. The lowest BCUT2D eigenvalue weighted by atomic mass is 9.87. The Bertz CT molecular complexity index is 1010. The zero-order chi connectivity index (χ0) is 22.1. The minimum absolute atomic E-state index is 0.0340. The number of hydrogen-bond acceptors (Lipinski definition) is 2. The Balaban J connectivity index is 2.08. The summed E-state index contributed by atoms with van der Waals surface area (Å²) >= 11 is 0. The molecule has 3 aromatic rings. The van der Waals surface area contributed by atoms with Gasteiger partial charge < -0.3 is 5.11 Å². The van der Waals surface area contributed by atoms with Crippen LogP contribution in [0.2, 0.25) is 0 Å². The van der Waals surface area contributed by atoms with Crippen LogP contribution in [0.25, 0.3) is 5.69 Å². The Labute approximate surface area is 179 Å². The molecule has 0 bridgehead atoms. The summed E-state index contributed by atoms with van der Waals surface area (Å²) in [6, 6.07) is 18.5. The Morgan fingerprint density at radius 1 is 1.00 bits per heavy atom. The monoisotopic (exact) mass is 404 g/mol. The van der Waals surface area contributed by atoms with Gasteiger partial charge in [-0.25, -0.2) is 9.48 Å². The summed E-state index contributed by atoms with van der Waals surface area (Å²) in [4.78, 5) is 12.2. The fraction of sp³-hybridized carbons (Fsp3) is 0.385. The van der Waals surface area contributed by atoms with Gasteiger partial charge >= 0.3 is 5.97 Å². The van der Waals surface area contributed by atoms with Gasteiger partial charge in [0.25, 0.3) is 0 Å². The van der Waals surface area contributed by atoms with Gasteiger partial charge in [-0.15, -0.1) is 0 Å². The standard InChI is InChI=1S/C26H32N2O2/c1-17(2)24-23(25(29)30)22(16-18(3)19-10-8-7-9-11-19)27-28(24)21-14-12-20(13-15-21)26(4,5)6/h7-15,17-18H,16H2,1-6H3,(H,29,30). The molecule has 1 unspecified atom stereocenters. The normalized spacial score (nSPS) is 12.9. The van der Waals surface area contributed by atoms with E-state index in [1.54, 1.807) is 0 Å². The Kier molecular flexibility index (Phi) is 6.16. The van der Waals surface area contributed by atoms with E-state index in [0.717, 1.165) is 11.4 Å². The molecule has 0 saturated heterocycles. The van der Waals surface area contributed by atoms with Crippen LogP contribution in [0.4, 0.5) is 0 Å². The molecule has 0 amide bonds. The van der Waals surface area contributed by atoms with Crippen molar-refractivity contribution in [1.29, 1.82) is 0 Å². The van der Waals surface area contributed by atoms with E-state index in [4.69, 9.17) is 5.10 Å². The van der Waals surface area contributed by atoms with Crippen LogP contribution < -0.4 is 0 Å². The van der Waals surface area contributed by atoms with Crippen molar-refractivity contribution >= 4 is 5.97 Å². The maximum Gasteiger partial charge on any atom is 0.339 e. The zero-order valence-electron chi connectivity index (χ0n) is 18.8. The van der Waals surface area contributed by atoms with Crippen molar-refractivity contribution in [3.63, 3.8) is 0 Å². The van der Waals surface area contributed by atoms with Gasteiger partial charge in [0.05, 0.1) is 17.1 Å². The number of carbonyl (C=O) groups is 1. The number of carboxylic acid groups (broad SMARTS) is 1. The van der Waals surface area contributed by atoms with Gasteiger partial charge in [-0.05, 0) is 46.9 Å². The minimum atomic E-state index is -0.911. The van der Waals surface area contributed by atoms with Gasteiger partial charge in [-0.2, -0.15) is 5.10 Å².